The number of rotatable bonds is 5. The summed E-state index contributed by atoms with van der Waals surface area (Å²) < 4.78 is 0. The van der Waals surface area contributed by atoms with Crippen LogP contribution in [-0.2, 0) is 13.1 Å². The molecule has 0 atom stereocenters. The third-order valence-corrected chi connectivity index (χ3v) is 4.63. The molecule has 0 unspecified atom stereocenters. The maximum absolute atomic E-state index is 9.58. The number of piperidine rings is 1. The molecule has 1 fully saturated rings. The molecule has 1 aromatic carbocycles. The fourth-order valence-corrected chi connectivity index (χ4v) is 3.11. The predicted octanol–water partition coefficient (Wildman–Crippen LogP) is 1.92. The standard InChI is InChI=1S/C18H22N6O/c25-15-5-7-24(8-6-15)12-14-3-1-13(2-4-14)9-19-18-20-10-17-16(22-18)11-21-23-17/h1-4,10-11,15,25H,5-9,12H2,(H,21,23)(H,19,20,22). The molecule has 7 heteroatoms. The minimum absolute atomic E-state index is 0.117. The Kier molecular flexibility index (Phi) is 4.58. The zero-order valence-electron chi connectivity index (χ0n) is 14.0. The monoisotopic (exact) mass is 338 g/mol. The molecule has 3 N–H and O–H groups in total. The van der Waals surface area contributed by atoms with E-state index in [4.69, 9.17) is 0 Å². The van der Waals surface area contributed by atoms with Gasteiger partial charge >= 0.3 is 0 Å². The summed E-state index contributed by atoms with van der Waals surface area (Å²) in [6.07, 6.45) is 5.06. The van der Waals surface area contributed by atoms with E-state index in [0.29, 0.717) is 12.5 Å². The van der Waals surface area contributed by atoms with Gasteiger partial charge in [-0.3, -0.25) is 10.00 Å². The number of likely N-dealkylation sites (tertiary alicyclic amines) is 1. The first-order chi connectivity index (χ1) is 12.3. The van der Waals surface area contributed by atoms with E-state index in [9.17, 15) is 5.11 Å². The molecule has 3 heterocycles. The first-order valence-corrected chi connectivity index (χ1v) is 8.64. The van der Waals surface area contributed by atoms with Crippen LogP contribution in [0.3, 0.4) is 0 Å². The van der Waals surface area contributed by atoms with Crippen LogP contribution in [0, 0.1) is 0 Å². The first-order valence-electron chi connectivity index (χ1n) is 8.64. The van der Waals surface area contributed by atoms with Crippen molar-refractivity contribution in [1.29, 1.82) is 0 Å². The molecule has 0 bridgehead atoms. The minimum Gasteiger partial charge on any atom is -0.393 e. The summed E-state index contributed by atoms with van der Waals surface area (Å²) in [4.78, 5) is 11.1. The van der Waals surface area contributed by atoms with Gasteiger partial charge in [-0.15, -0.1) is 0 Å². The van der Waals surface area contributed by atoms with Gasteiger partial charge in [0.2, 0.25) is 5.95 Å². The van der Waals surface area contributed by atoms with E-state index in [1.54, 1.807) is 12.4 Å². The number of benzene rings is 1. The second kappa shape index (κ2) is 7.16. The number of aromatic nitrogens is 4. The Bertz CT molecular complexity index is 823. The highest BCUT2D eigenvalue weighted by Crippen LogP contribution is 2.15. The third kappa shape index (κ3) is 3.94. The smallest absolute Gasteiger partial charge is 0.223 e. The number of nitrogens with one attached hydrogen (secondary N) is 2. The Morgan fingerprint density at radius 3 is 2.68 bits per heavy atom. The Morgan fingerprint density at radius 2 is 1.88 bits per heavy atom. The Morgan fingerprint density at radius 1 is 1.12 bits per heavy atom. The lowest BCUT2D eigenvalue weighted by atomic mass is 10.1. The fraction of sp³-hybridized carbons (Fsp3) is 0.389. The normalized spacial score (nSPS) is 16.4. The number of aromatic amines is 1. The third-order valence-electron chi connectivity index (χ3n) is 4.63. The molecule has 7 nitrogen and oxygen atoms in total. The minimum atomic E-state index is -0.117. The number of aliphatic hydroxyl groups excluding tert-OH is 1. The van der Waals surface area contributed by atoms with Crippen LogP contribution in [-0.4, -0.2) is 49.4 Å². The molecule has 2 aromatic heterocycles. The van der Waals surface area contributed by atoms with Gasteiger partial charge in [0.1, 0.15) is 11.0 Å². The van der Waals surface area contributed by atoms with Crippen LogP contribution in [0.25, 0.3) is 11.0 Å². The maximum Gasteiger partial charge on any atom is 0.223 e. The maximum atomic E-state index is 9.58. The lowest BCUT2D eigenvalue weighted by Crippen LogP contribution is -2.35. The van der Waals surface area contributed by atoms with E-state index in [1.807, 2.05) is 0 Å². The van der Waals surface area contributed by atoms with Gasteiger partial charge in [0.05, 0.1) is 18.5 Å². The van der Waals surface area contributed by atoms with Crippen LogP contribution in [0.4, 0.5) is 5.95 Å². The molecular formula is C18H22N6O. The molecule has 1 saturated heterocycles. The quantitative estimate of drug-likeness (QED) is 0.658. The molecule has 4 rings (SSSR count). The average Bonchev–Trinajstić information content (AvgIpc) is 3.11. The predicted molar refractivity (Wildman–Crippen MR) is 96.0 cm³/mol. The number of H-pyrrole nitrogens is 1. The molecule has 1 aliphatic rings. The summed E-state index contributed by atoms with van der Waals surface area (Å²) in [6, 6.07) is 8.61. The lowest BCUT2D eigenvalue weighted by Gasteiger charge is -2.29. The number of anilines is 1. The van der Waals surface area contributed by atoms with Crippen LogP contribution in [0.15, 0.2) is 36.7 Å². The summed E-state index contributed by atoms with van der Waals surface area (Å²) in [7, 11) is 0. The molecule has 3 aromatic rings. The van der Waals surface area contributed by atoms with Crippen molar-refractivity contribution in [2.45, 2.75) is 32.0 Å². The molecule has 0 saturated carbocycles. The van der Waals surface area contributed by atoms with Gasteiger partial charge in [0, 0.05) is 26.2 Å². The zero-order valence-corrected chi connectivity index (χ0v) is 14.0. The Hall–Kier alpha value is -2.51. The summed E-state index contributed by atoms with van der Waals surface area (Å²) in [5.74, 6) is 0.602. The van der Waals surface area contributed by atoms with Crippen LogP contribution < -0.4 is 5.32 Å². The van der Waals surface area contributed by atoms with Gasteiger partial charge in [0.25, 0.3) is 0 Å². The summed E-state index contributed by atoms with van der Waals surface area (Å²) >= 11 is 0. The fourth-order valence-electron chi connectivity index (χ4n) is 3.11. The van der Waals surface area contributed by atoms with Crippen molar-refractivity contribution in [3.63, 3.8) is 0 Å². The average molecular weight is 338 g/mol. The SMILES string of the molecule is OC1CCN(Cc2ccc(CNc3ncc4[nH]ncc4n3)cc2)CC1. The number of fused-ring (bicyclic) bond motifs is 1. The number of hydrogen-bond donors (Lipinski definition) is 3. The Balaban J connectivity index is 1.32. The van der Waals surface area contributed by atoms with Crippen molar-refractivity contribution in [3.05, 3.63) is 47.8 Å². The van der Waals surface area contributed by atoms with Gasteiger partial charge in [0.15, 0.2) is 0 Å². The highest BCUT2D eigenvalue weighted by Gasteiger charge is 2.16. The molecule has 0 amide bonds. The molecular weight excluding hydrogens is 316 g/mol. The van der Waals surface area contributed by atoms with Crippen molar-refractivity contribution in [3.8, 4) is 0 Å². The van der Waals surface area contributed by atoms with Crippen molar-refractivity contribution >= 4 is 17.0 Å². The van der Waals surface area contributed by atoms with Gasteiger partial charge < -0.3 is 10.4 Å². The van der Waals surface area contributed by atoms with E-state index < -0.39 is 0 Å². The zero-order chi connectivity index (χ0) is 17.1. The Labute approximate surface area is 146 Å². The molecule has 1 aliphatic heterocycles. The van der Waals surface area contributed by atoms with Crippen molar-refractivity contribution in [2.24, 2.45) is 0 Å². The van der Waals surface area contributed by atoms with E-state index in [-0.39, 0.29) is 6.10 Å². The summed E-state index contributed by atoms with van der Waals surface area (Å²) in [5.41, 5.74) is 4.13. The summed E-state index contributed by atoms with van der Waals surface area (Å²) in [5, 5.41) is 19.6. The van der Waals surface area contributed by atoms with Gasteiger partial charge in [-0.25, -0.2) is 9.97 Å². The van der Waals surface area contributed by atoms with Gasteiger partial charge in [-0.2, -0.15) is 5.10 Å². The largest absolute Gasteiger partial charge is 0.393 e. The van der Waals surface area contributed by atoms with Gasteiger partial charge in [-0.1, -0.05) is 24.3 Å². The number of aliphatic hydroxyl groups is 1. The van der Waals surface area contributed by atoms with Crippen molar-refractivity contribution < 1.29 is 5.11 Å². The molecule has 0 spiro atoms. The van der Waals surface area contributed by atoms with E-state index >= 15 is 0 Å². The second-order valence-electron chi connectivity index (χ2n) is 6.54. The molecule has 25 heavy (non-hydrogen) atoms. The highest BCUT2D eigenvalue weighted by molar-refractivity contribution is 5.73. The number of nitrogens with zero attached hydrogens (tertiary/aromatic N) is 4. The second-order valence-corrected chi connectivity index (χ2v) is 6.54. The van der Waals surface area contributed by atoms with Gasteiger partial charge in [-0.05, 0) is 24.0 Å². The van der Waals surface area contributed by atoms with Crippen molar-refractivity contribution in [1.82, 2.24) is 25.1 Å². The summed E-state index contributed by atoms with van der Waals surface area (Å²) in [6.45, 7) is 3.57. The highest BCUT2D eigenvalue weighted by atomic mass is 16.3. The topological polar surface area (TPSA) is 90.0 Å². The first kappa shape index (κ1) is 16.0. The molecule has 130 valence electrons. The molecule has 0 aliphatic carbocycles. The van der Waals surface area contributed by atoms with Crippen molar-refractivity contribution in [2.75, 3.05) is 18.4 Å². The number of hydrogen-bond acceptors (Lipinski definition) is 6. The van der Waals surface area contributed by atoms with E-state index in [1.165, 1.54) is 11.1 Å². The van der Waals surface area contributed by atoms with Crippen LogP contribution in [0.5, 0.6) is 0 Å². The van der Waals surface area contributed by atoms with Crippen LogP contribution in [0.2, 0.25) is 0 Å². The van der Waals surface area contributed by atoms with E-state index in [2.05, 4.69) is 54.6 Å². The molecule has 0 radical (unpaired) electrons. The lowest BCUT2D eigenvalue weighted by molar-refractivity contribution is 0.0792. The van der Waals surface area contributed by atoms with Crippen LogP contribution >= 0.6 is 0 Å². The van der Waals surface area contributed by atoms with E-state index in [0.717, 1.165) is 43.5 Å². The van der Waals surface area contributed by atoms with Crippen LogP contribution in [0.1, 0.15) is 24.0 Å².